The van der Waals surface area contributed by atoms with Gasteiger partial charge in [0.25, 0.3) is 0 Å². The van der Waals surface area contributed by atoms with Crippen molar-refractivity contribution in [3.8, 4) is 12.3 Å². The molecule has 160 valence electrons. The van der Waals surface area contributed by atoms with Crippen LogP contribution in [0, 0.1) is 18.3 Å². The van der Waals surface area contributed by atoms with E-state index in [-0.39, 0.29) is 24.5 Å². The van der Waals surface area contributed by atoms with Gasteiger partial charge in [-0.3, -0.25) is 9.79 Å². The van der Waals surface area contributed by atoms with E-state index in [0.717, 1.165) is 0 Å². The van der Waals surface area contributed by atoms with Gasteiger partial charge in [-0.2, -0.15) is 0 Å². The van der Waals surface area contributed by atoms with Crippen molar-refractivity contribution in [3.05, 3.63) is 46.7 Å². The fourth-order valence-corrected chi connectivity index (χ4v) is 3.55. The Hall–Kier alpha value is -2.95. The first kappa shape index (κ1) is 23.3. The number of hydrogen-bond acceptors (Lipinski definition) is 7. The molecule has 30 heavy (non-hydrogen) atoms. The first-order valence-electron chi connectivity index (χ1n) is 9.68. The highest BCUT2D eigenvalue weighted by Crippen LogP contribution is 2.41. The summed E-state index contributed by atoms with van der Waals surface area (Å²) in [5.41, 5.74) is 2.21. The van der Waals surface area contributed by atoms with Crippen LogP contribution in [0.2, 0.25) is 0 Å². The van der Waals surface area contributed by atoms with Crippen molar-refractivity contribution < 1.29 is 28.5 Å². The molecule has 2 atom stereocenters. The summed E-state index contributed by atoms with van der Waals surface area (Å²) in [6.07, 6.45) is 4.65. The predicted molar refractivity (Wildman–Crippen MR) is 112 cm³/mol. The number of nitrogens with zero attached hydrogens (tertiary/aromatic N) is 1. The molecule has 0 saturated carbocycles. The molecule has 0 aliphatic carbocycles. The Bertz CT molecular complexity index is 891. The third-order valence-electron chi connectivity index (χ3n) is 4.77. The van der Waals surface area contributed by atoms with Crippen molar-refractivity contribution in [1.29, 1.82) is 0 Å². The van der Waals surface area contributed by atoms with Crippen LogP contribution in [0.3, 0.4) is 0 Å². The number of terminal acetylenes is 1. The maximum atomic E-state index is 13.1. The average Bonchev–Trinajstić information content (AvgIpc) is 2.74. The molecule has 1 aromatic rings. The zero-order valence-corrected chi connectivity index (χ0v) is 17.9. The molecular formula is C23H27NO6. The highest BCUT2D eigenvalue weighted by Gasteiger charge is 2.44. The Kier molecular flexibility index (Phi) is 8.34. The lowest BCUT2D eigenvalue weighted by atomic mass is 9.75. The van der Waals surface area contributed by atoms with E-state index in [0.29, 0.717) is 16.8 Å². The number of carbonyl (C=O) groups is 2. The Morgan fingerprint density at radius 1 is 1.17 bits per heavy atom. The van der Waals surface area contributed by atoms with Gasteiger partial charge in [0.2, 0.25) is 6.29 Å². The van der Waals surface area contributed by atoms with Gasteiger partial charge in [-0.1, -0.05) is 18.1 Å². The van der Waals surface area contributed by atoms with E-state index in [4.69, 9.17) is 25.4 Å². The topological polar surface area (TPSA) is 83.4 Å². The largest absolute Gasteiger partial charge is 0.465 e. The SMILES string of the molecule is C#Cc1cccc(C2C(C(=O)OCC)=C(C(OC)OC)N=C(C)C2C(=O)OCC)c1. The molecule has 0 fully saturated rings. The fourth-order valence-electron chi connectivity index (χ4n) is 3.55. The van der Waals surface area contributed by atoms with Crippen molar-refractivity contribution in [1.82, 2.24) is 0 Å². The van der Waals surface area contributed by atoms with Gasteiger partial charge in [0, 0.05) is 31.4 Å². The molecule has 7 heteroatoms. The van der Waals surface area contributed by atoms with Gasteiger partial charge < -0.3 is 18.9 Å². The molecule has 2 unspecified atom stereocenters. The first-order valence-corrected chi connectivity index (χ1v) is 9.68. The van der Waals surface area contributed by atoms with E-state index >= 15 is 0 Å². The smallest absolute Gasteiger partial charge is 0.336 e. The number of rotatable bonds is 8. The van der Waals surface area contributed by atoms with E-state index in [1.807, 2.05) is 6.07 Å². The van der Waals surface area contributed by atoms with E-state index in [9.17, 15) is 9.59 Å². The molecule has 1 aromatic carbocycles. The lowest BCUT2D eigenvalue weighted by Crippen LogP contribution is -2.38. The van der Waals surface area contributed by atoms with Gasteiger partial charge >= 0.3 is 11.9 Å². The van der Waals surface area contributed by atoms with Crippen LogP contribution < -0.4 is 0 Å². The summed E-state index contributed by atoms with van der Waals surface area (Å²) in [7, 11) is 2.89. The molecule has 7 nitrogen and oxygen atoms in total. The lowest BCUT2D eigenvalue weighted by molar-refractivity contribution is -0.146. The molecule has 0 spiro atoms. The van der Waals surface area contributed by atoms with E-state index in [1.54, 1.807) is 39.0 Å². The Balaban J connectivity index is 2.81. The number of methoxy groups -OCH3 is 2. The van der Waals surface area contributed by atoms with Crippen LogP contribution in [0.1, 0.15) is 37.8 Å². The van der Waals surface area contributed by atoms with Crippen LogP contribution in [-0.2, 0) is 28.5 Å². The molecule has 1 aliphatic heterocycles. The minimum absolute atomic E-state index is 0.157. The summed E-state index contributed by atoms with van der Waals surface area (Å²) in [6.45, 7) is 5.49. The Labute approximate surface area is 177 Å². The lowest BCUT2D eigenvalue weighted by Gasteiger charge is -2.33. The first-order chi connectivity index (χ1) is 14.4. The molecule has 0 N–H and O–H groups in total. The van der Waals surface area contributed by atoms with E-state index in [1.165, 1.54) is 14.2 Å². The van der Waals surface area contributed by atoms with Crippen molar-refractivity contribution in [2.75, 3.05) is 27.4 Å². The zero-order chi connectivity index (χ0) is 22.3. The maximum Gasteiger partial charge on any atom is 0.336 e. The molecular weight excluding hydrogens is 386 g/mol. The third-order valence-corrected chi connectivity index (χ3v) is 4.77. The number of esters is 2. The van der Waals surface area contributed by atoms with Crippen LogP contribution >= 0.6 is 0 Å². The number of benzene rings is 1. The minimum Gasteiger partial charge on any atom is -0.465 e. The monoisotopic (exact) mass is 413 g/mol. The van der Waals surface area contributed by atoms with Gasteiger partial charge in [-0.25, -0.2) is 4.79 Å². The number of aliphatic imine (C=N–C) groups is 1. The van der Waals surface area contributed by atoms with Crippen molar-refractivity contribution >= 4 is 17.7 Å². The van der Waals surface area contributed by atoms with Gasteiger partial charge in [-0.05, 0) is 38.5 Å². The molecule has 0 aromatic heterocycles. The summed E-state index contributed by atoms with van der Waals surface area (Å²) in [5, 5.41) is 0. The van der Waals surface area contributed by atoms with E-state index in [2.05, 4.69) is 10.9 Å². The third kappa shape index (κ3) is 4.78. The number of hydrogen-bond donors (Lipinski definition) is 0. The second-order valence-corrected chi connectivity index (χ2v) is 6.55. The number of carbonyl (C=O) groups excluding carboxylic acids is 2. The van der Waals surface area contributed by atoms with Crippen molar-refractivity contribution in [3.63, 3.8) is 0 Å². The summed E-state index contributed by atoms with van der Waals surface area (Å²) < 4.78 is 21.4. The zero-order valence-electron chi connectivity index (χ0n) is 17.9. The van der Waals surface area contributed by atoms with Gasteiger partial charge in [0.15, 0.2) is 0 Å². The molecule has 0 bridgehead atoms. The second kappa shape index (κ2) is 10.7. The fraction of sp³-hybridized carbons (Fsp3) is 0.435. The van der Waals surface area contributed by atoms with Crippen molar-refractivity contribution in [2.45, 2.75) is 33.0 Å². The summed E-state index contributed by atoms with van der Waals surface area (Å²) in [4.78, 5) is 30.5. The second-order valence-electron chi connectivity index (χ2n) is 6.55. The normalized spacial score (nSPS) is 18.6. The van der Waals surface area contributed by atoms with Gasteiger partial charge in [-0.15, -0.1) is 6.42 Å². The van der Waals surface area contributed by atoms with Crippen LogP contribution in [0.5, 0.6) is 0 Å². The van der Waals surface area contributed by atoms with Crippen molar-refractivity contribution in [2.24, 2.45) is 10.9 Å². The van der Waals surface area contributed by atoms with Crippen LogP contribution in [-0.4, -0.2) is 51.4 Å². The molecule has 0 radical (unpaired) electrons. The van der Waals surface area contributed by atoms with Gasteiger partial charge in [0.05, 0.1) is 18.8 Å². The minimum atomic E-state index is -0.916. The molecule has 0 amide bonds. The van der Waals surface area contributed by atoms with E-state index < -0.39 is 30.1 Å². The van der Waals surface area contributed by atoms with Gasteiger partial charge in [0.1, 0.15) is 11.6 Å². The Morgan fingerprint density at radius 2 is 1.83 bits per heavy atom. The number of ether oxygens (including phenoxy) is 4. The summed E-state index contributed by atoms with van der Waals surface area (Å²) >= 11 is 0. The standard InChI is InChI=1S/C23H27NO6/c1-7-15-11-10-12-16(13-15)18-17(21(25)29-8-2)14(4)24-20(23(27-5)28-6)19(18)22(26)30-9-3/h1,10-13,17-18,23H,8-9H2,2-6H3. The highest BCUT2D eigenvalue weighted by atomic mass is 16.7. The van der Waals surface area contributed by atoms with Crippen LogP contribution in [0.4, 0.5) is 0 Å². The molecule has 1 aliphatic rings. The molecule has 0 saturated heterocycles. The summed E-state index contributed by atoms with van der Waals surface area (Å²) in [5.74, 6) is -0.0522. The Morgan fingerprint density at radius 3 is 2.40 bits per heavy atom. The molecule has 1 heterocycles. The highest BCUT2D eigenvalue weighted by molar-refractivity contribution is 6.07. The predicted octanol–water partition coefficient (Wildman–Crippen LogP) is 2.84. The van der Waals surface area contributed by atoms with Crippen LogP contribution in [0.25, 0.3) is 0 Å². The van der Waals surface area contributed by atoms with Crippen LogP contribution in [0.15, 0.2) is 40.5 Å². The quantitative estimate of drug-likeness (QED) is 0.370. The average molecular weight is 413 g/mol. The summed E-state index contributed by atoms with van der Waals surface area (Å²) in [6, 6.07) is 7.12. The maximum absolute atomic E-state index is 13.1. The molecule has 2 rings (SSSR count).